The van der Waals surface area contributed by atoms with Crippen LogP contribution in [0.1, 0.15) is 11.4 Å². The van der Waals surface area contributed by atoms with Crippen LogP contribution in [-0.2, 0) is 4.79 Å². The van der Waals surface area contributed by atoms with Crippen LogP contribution in [0.3, 0.4) is 0 Å². The number of aromatic nitrogens is 3. The van der Waals surface area contributed by atoms with Crippen molar-refractivity contribution in [3.05, 3.63) is 79.8 Å². The standard InChI is InChI=1S/C20H15ClN4O3S/c1-12-22-20-25(24-12)19(27)17(29-20)10-13-4-2-3-5-16(13)28-11-18(26)23-15-8-6-14(21)7-9-15/h2-10H,11H2,1H3,(H,23,26)/b17-10-. The van der Waals surface area contributed by atoms with E-state index in [0.29, 0.717) is 37.3 Å². The first kappa shape index (κ1) is 19.1. The molecule has 146 valence electrons. The molecule has 0 aliphatic carbocycles. The summed E-state index contributed by atoms with van der Waals surface area (Å²) in [6, 6.07) is 14.0. The highest BCUT2D eigenvalue weighted by Gasteiger charge is 2.10. The minimum absolute atomic E-state index is 0.174. The fourth-order valence-corrected chi connectivity index (χ4v) is 3.75. The molecular weight excluding hydrogens is 412 g/mol. The summed E-state index contributed by atoms with van der Waals surface area (Å²) in [5.41, 5.74) is 1.08. The molecule has 1 amide bonds. The van der Waals surface area contributed by atoms with E-state index in [2.05, 4.69) is 15.4 Å². The number of benzene rings is 2. The molecule has 1 N–H and O–H groups in total. The fourth-order valence-electron chi connectivity index (χ4n) is 2.68. The lowest BCUT2D eigenvalue weighted by atomic mass is 10.2. The highest BCUT2D eigenvalue weighted by Crippen LogP contribution is 2.19. The van der Waals surface area contributed by atoms with E-state index in [0.717, 1.165) is 0 Å². The number of thiazole rings is 1. The SMILES string of the molecule is Cc1nc2s/c(=C\c3ccccc3OCC(=O)Nc3ccc(Cl)cc3)c(=O)n2n1. The summed E-state index contributed by atoms with van der Waals surface area (Å²) in [6.07, 6.45) is 1.71. The van der Waals surface area contributed by atoms with Gasteiger partial charge in [-0.15, -0.1) is 5.10 Å². The number of aryl methyl sites for hydroxylation is 1. The topological polar surface area (TPSA) is 85.6 Å². The lowest BCUT2D eigenvalue weighted by molar-refractivity contribution is -0.118. The summed E-state index contributed by atoms with van der Waals surface area (Å²) in [5.74, 6) is 0.740. The molecule has 9 heteroatoms. The van der Waals surface area contributed by atoms with Crippen LogP contribution in [0.15, 0.2) is 53.3 Å². The molecule has 4 rings (SSSR count). The quantitative estimate of drug-likeness (QED) is 0.530. The van der Waals surface area contributed by atoms with E-state index >= 15 is 0 Å². The van der Waals surface area contributed by atoms with E-state index in [1.165, 1.54) is 15.9 Å². The van der Waals surface area contributed by atoms with Crippen molar-refractivity contribution in [2.45, 2.75) is 6.92 Å². The summed E-state index contributed by atoms with van der Waals surface area (Å²) in [6.45, 7) is 1.56. The Morgan fingerprint density at radius 3 is 2.76 bits per heavy atom. The molecule has 0 radical (unpaired) electrons. The predicted octanol–water partition coefficient (Wildman–Crippen LogP) is 2.68. The van der Waals surface area contributed by atoms with Gasteiger partial charge in [-0.1, -0.05) is 41.1 Å². The molecule has 7 nitrogen and oxygen atoms in total. The second-order valence-corrected chi connectivity index (χ2v) is 7.60. The number of hydrogen-bond acceptors (Lipinski definition) is 6. The van der Waals surface area contributed by atoms with Crippen molar-refractivity contribution in [2.75, 3.05) is 11.9 Å². The van der Waals surface area contributed by atoms with E-state index in [-0.39, 0.29) is 18.1 Å². The van der Waals surface area contributed by atoms with Gasteiger partial charge in [0, 0.05) is 16.3 Å². The highest BCUT2D eigenvalue weighted by molar-refractivity contribution is 7.15. The molecule has 0 spiro atoms. The van der Waals surface area contributed by atoms with Gasteiger partial charge in [0.1, 0.15) is 11.6 Å². The maximum Gasteiger partial charge on any atom is 0.291 e. The molecule has 0 saturated carbocycles. The molecule has 0 bridgehead atoms. The minimum atomic E-state index is -0.305. The zero-order valence-electron chi connectivity index (χ0n) is 15.3. The van der Waals surface area contributed by atoms with Crippen LogP contribution in [0.4, 0.5) is 5.69 Å². The second-order valence-electron chi connectivity index (χ2n) is 6.15. The van der Waals surface area contributed by atoms with Gasteiger partial charge < -0.3 is 10.1 Å². The number of anilines is 1. The van der Waals surface area contributed by atoms with Gasteiger partial charge in [-0.25, -0.2) is 4.98 Å². The predicted molar refractivity (Wildman–Crippen MR) is 113 cm³/mol. The van der Waals surface area contributed by atoms with Crippen molar-refractivity contribution in [3.63, 3.8) is 0 Å². The number of halogens is 1. The summed E-state index contributed by atoms with van der Waals surface area (Å²) in [5, 5.41) is 7.42. The van der Waals surface area contributed by atoms with Gasteiger partial charge in [-0.2, -0.15) is 4.52 Å². The van der Waals surface area contributed by atoms with E-state index in [1.807, 2.05) is 12.1 Å². The Labute approximate surface area is 174 Å². The lowest BCUT2D eigenvalue weighted by Crippen LogP contribution is -2.24. The van der Waals surface area contributed by atoms with Gasteiger partial charge in [0.2, 0.25) is 4.96 Å². The first-order chi connectivity index (χ1) is 14.0. The zero-order chi connectivity index (χ0) is 20.4. The second kappa shape index (κ2) is 8.02. The maximum atomic E-state index is 12.5. The molecule has 0 unspecified atom stereocenters. The summed E-state index contributed by atoms with van der Waals surface area (Å²) < 4.78 is 7.45. The molecule has 0 fully saturated rings. The van der Waals surface area contributed by atoms with Crippen molar-refractivity contribution >= 4 is 45.6 Å². The third-order valence-corrected chi connectivity index (χ3v) is 5.19. The maximum absolute atomic E-state index is 12.5. The summed E-state index contributed by atoms with van der Waals surface area (Å²) in [7, 11) is 0. The Morgan fingerprint density at radius 2 is 2.00 bits per heavy atom. The molecule has 0 saturated heterocycles. The van der Waals surface area contributed by atoms with Crippen molar-refractivity contribution in [3.8, 4) is 5.75 Å². The number of fused-ring (bicyclic) bond motifs is 1. The fraction of sp³-hybridized carbons (Fsp3) is 0.100. The van der Waals surface area contributed by atoms with Crippen LogP contribution in [0.5, 0.6) is 5.75 Å². The molecule has 2 heterocycles. The Balaban J connectivity index is 1.53. The molecule has 0 aliphatic heterocycles. The third kappa shape index (κ3) is 4.28. The molecule has 0 aliphatic rings. The molecule has 2 aromatic heterocycles. The normalized spacial score (nSPS) is 11.7. The van der Waals surface area contributed by atoms with Crippen molar-refractivity contribution in [2.24, 2.45) is 0 Å². The largest absolute Gasteiger partial charge is 0.483 e. The number of rotatable bonds is 5. The van der Waals surface area contributed by atoms with E-state index in [9.17, 15) is 9.59 Å². The van der Waals surface area contributed by atoms with Crippen LogP contribution in [0.25, 0.3) is 11.0 Å². The highest BCUT2D eigenvalue weighted by atomic mass is 35.5. The molecule has 4 aromatic rings. The van der Waals surface area contributed by atoms with Gasteiger partial charge in [-0.3, -0.25) is 9.59 Å². The molecular formula is C20H15ClN4O3S. The first-order valence-electron chi connectivity index (χ1n) is 8.65. The van der Waals surface area contributed by atoms with Gasteiger partial charge in [0.05, 0.1) is 4.53 Å². The molecule has 0 atom stereocenters. The first-order valence-corrected chi connectivity index (χ1v) is 9.84. The number of carbonyl (C=O) groups excluding carboxylic acids is 1. The van der Waals surface area contributed by atoms with Crippen LogP contribution in [0.2, 0.25) is 5.02 Å². The average molecular weight is 427 g/mol. The number of para-hydroxylation sites is 1. The van der Waals surface area contributed by atoms with Crippen LogP contribution >= 0.6 is 22.9 Å². The van der Waals surface area contributed by atoms with Crippen molar-refractivity contribution in [1.82, 2.24) is 14.6 Å². The number of hydrogen-bond donors (Lipinski definition) is 1. The number of nitrogens with zero attached hydrogens (tertiary/aromatic N) is 3. The van der Waals surface area contributed by atoms with E-state index in [4.69, 9.17) is 16.3 Å². The Kier molecular flexibility index (Phi) is 5.28. The smallest absolute Gasteiger partial charge is 0.291 e. The van der Waals surface area contributed by atoms with Gasteiger partial charge in [0.25, 0.3) is 11.5 Å². The van der Waals surface area contributed by atoms with Gasteiger partial charge >= 0.3 is 0 Å². The number of amides is 1. The van der Waals surface area contributed by atoms with Crippen molar-refractivity contribution in [1.29, 1.82) is 0 Å². The van der Waals surface area contributed by atoms with E-state index in [1.54, 1.807) is 49.4 Å². The number of nitrogens with one attached hydrogen (secondary N) is 1. The summed E-state index contributed by atoms with van der Waals surface area (Å²) >= 11 is 7.09. The zero-order valence-corrected chi connectivity index (χ0v) is 16.8. The lowest BCUT2D eigenvalue weighted by Gasteiger charge is -2.09. The number of carbonyl (C=O) groups is 1. The van der Waals surface area contributed by atoms with Crippen LogP contribution < -0.4 is 20.1 Å². The Bertz CT molecular complexity index is 1300. The third-order valence-electron chi connectivity index (χ3n) is 3.98. The average Bonchev–Trinajstić information content (AvgIpc) is 3.20. The van der Waals surface area contributed by atoms with Gasteiger partial charge in [-0.05, 0) is 43.3 Å². The molecule has 29 heavy (non-hydrogen) atoms. The Hall–Kier alpha value is -3.23. The Morgan fingerprint density at radius 1 is 1.24 bits per heavy atom. The van der Waals surface area contributed by atoms with Gasteiger partial charge in [0.15, 0.2) is 6.61 Å². The summed E-state index contributed by atoms with van der Waals surface area (Å²) in [4.78, 5) is 29.4. The van der Waals surface area contributed by atoms with Crippen molar-refractivity contribution < 1.29 is 9.53 Å². The molecule has 2 aromatic carbocycles. The number of ether oxygens (including phenoxy) is 1. The van der Waals surface area contributed by atoms with E-state index < -0.39 is 0 Å². The van der Waals surface area contributed by atoms with Crippen LogP contribution in [-0.4, -0.2) is 27.1 Å². The monoisotopic (exact) mass is 426 g/mol. The van der Waals surface area contributed by atoms with Crippen LogP contribution in [0, 0.1) is 6.92 Å². The minimum Gasteiger partial charge on any atom is -0.483 e.